The van der Waals surface area contributed by atoms with E-state index in [0.717, 1.165) is 40.4 Å². The second-order valence-corrected chi connectivity index (χ2v) is 10.9. The van der Waals surface area contributed by atoms with Crippen LogP contribution in [-0.4, -0.2) is 42.6 Å². The number of hydrogen-bond acceptors (Lipinski definition) is 4. The van der Waals surface area contributed by atoms with Gasteiger partial charge in [0, 0.05) is 61.4 Å². The number of benzene rings is 2. The van der Waals surface area contributed by atoms with Crippen LogP contribution in [0.5, 0.6) is 0 Å². The van der Waals surface area contributed by atoms with E-state index in [9.17, 15) is 17.6 Å². The van der Waals surface area contributed by atoms with E-state index >= 15 is 4.39 Å². The van der Waals surface area contributed by atoms with Gasteiger partial charge in [-0.25, -0.2) is 20.3 Å². The molecule has 37 heavy (non-hydrogen) atoms. The standard InChI is InChI=1S/C26H21F2N5O3S/c1-29-26(10-11-26)17-6-4-15(5-7-17)16-12-18-19(14-31-25(18)30-13-16)24(34)22-20(27)8-9-21(23(22)28)32-37(35,36)33(2)3/h4-9,12-14,32H,10-11H2,2-3H3,(H,30,31). The van der Waals surface area contributed by atoms with Gasteiger partial charge in [-0.15, -0.1) is 0 Å². The van der Waals surface area contributed by atoms with Gasteiger partial charge >= 0.3 is 10.2 Å². The van der Waals surface area contributed by atoms with Crippen LogP contribution < -0.4 is 4.72 Å². The maximum Gasteiger partial charge on any atom is 0.301 e. The quantitative estimate of drug-likeness (QED) is 0.268. The van der Waals surface area contributed by atoms with E-state index in [1.54, 1.807) is 12.3 Å². The van der Waals surface area contributed by atoms with E-state index < -0.39 is 44.4 Å². The number of pyridine rings is 1. The van der Waals surface area contributed by atoms with Gasteiger partial charge in [0.15, 0.2) is 5.82 Å². The molecule has 0 saturated heterocycles. The van der Waals surface area contributed by atoms with Crippen molar-refractivity contribution in [3.63, 3.8) is 0 Å². The third kappa shape index (κ3) is 4.24. The van der Waals surface area contributed by atoms with Crippen molar-refractivity contribution in [1.29, 1.82) is 0 Å². The molecule has 0 bridgehead atoms. The SMILES string of the molecule is [C-]#[N+]C1(c2ccc(-c3cnc4[nH]cc(C(=O)c5c(F)ccc(NS(=O)(=O)N(C)C)c5F)c4c3)cc2)CC1. The number of halogens is 2. The maximum absolute atomic E-state index is 15.2. The predicted molar refractivity (Wildman–Crippen MR) is 135 cm³/mol. The van der Waals surface area contributed by atoms with Crippen molar-refractivity contribution in [2.75, 3.05) is 18.8 Å². The second-order valence-electron chi connectivity index (χ2n) is 9.05. The zero-order chi connectivity index (χ0) is 26.5. The second kappa shape index (κ2) is 8.76. The Morgan fingerprint density at radius 3 is 2.46 bits per heavy atom. The van der Waals surface area contributed by atoms with Gasteiger partial charge in [0.25, 0.3) is 5.54 Å². The minimum atomic E-state index is -4.09. The number of aromatic amines is 1. The molecule has 2 N–H and O–H groups in total. The van der Waals surface area contributed by atoms with Crippen molar-refractivity contribution in [2.45, 2.75) is 18.4 Å². The zero-order valence-electron chi connectivity index (χ0n) is 19.8. The van der Waals surface area contributed by atoms with Gasteiger partial charge in [0.05, 0.1) is 11.3 Å². The zero-order valence-corrected chi connectivity index (χ0v) is 20.7. The summed E-state index contributed by atoms with van der Waals surface area (Å²) in [6.45, 7) is 7.43. The molecule has 0 unspecified atom stereocenters. The van der Waals surface area contributed by atoms with Crippen LogP contribution in [0.4, 0.5) is 14.5 Å². The largest absolute Gasteiger partial charge is 0.345 e. The summed E-state index contributed by atoms with van der Waals surface area (Å²) in [4.78, 5) is 24.2. The Kier molecular flexibility index (Phi) is 5.81. The summed E-state index contributed by atoms with van der Waals surface area (Å²) in [5.74, 6) is -3.41. The number of aromatic nitrogens is 2. The molecule has 2 heterocycles. The van der Waals surface area contributed by atoms with Gasteiger partial charge in [0.1, 0.15) is 11.5 Å². The lowest BCUT2D eigenvalue weighted by molar-refractivity contribution is 0.103. The number of rotatable bonds is 7. The summed E-state index contributed by atoms with van der Waals surface area (Å²) in [6, 6.07) is 11.0. The molecule has 0 atom stereocenters. The highest BCUT2D eigenvalue weighted by Crippen LogP contribution is 2.49. The lowest BCUT2D eigenvalue weighted by Crippen LogP contribution is -2.29. The number of fused-ring (bicyclic) bond motifs is 1. The smallest absolute Gasteiger partial charge is 0.301 e. The summed E-state index contributed by atoms with van der Waals surface area (Å²) < 4.78 is 57.0. The Balaban J connectivity index is 1.53. The topological polar surface area (TPSA) is 99.5 Å². The molecule has 1 saturated carbocycles. The number of hydrogen-bond donors (Lipinski definition) is 2. The average molecular weight is 522 g/mol. The van der Waals surface area contributed by atoms with Gasteiger partial charge in [-0.2, -0.15) is 12.7 Å². The average Bonchev–Trinajstić information content (AvgIpc) is 3.57. The molecule has 0 aliphatic heterocycles. The number of carbonyl (C=O) groups excluding carboxylic acids is 1. The Morgan fingerprint density at radius 1 is 1.14 bits per heavy atom. The first-order valence-electron chi connectivity index (χ1n) is 11.3. The molecule has 4 aromatic rings. The van der Waals surface area contributed by atoms with Crippen molar-refractivity contribution in [1.82, 2.24) is 14.3 Å². The summed E-state index contributed by atoms with van der Waals surface area (Å²) in [5.41, 5.74) is 0.895. The van der Waals surface area contributed by atoms with Crippen LogP contribution in [0.1, 0.15) is 34.3 Å². The molecular formula is C26H21F2N5O3S. The lowest BCUT2D eigenvalue weighted by Gasteiger charge is -2.15. The van der Waals surface area contributed by atoms with Crippen LogP contribution in [0.25, 0.3) is 27.0 Å². The highest BCUT2D eigenvalue weighted by molar-refractivity contribution is 7.90. The maximum atomic E-state index is 15.2. The van der Waals surface area contributed by atoms with Crippen molar-refractivity contribution in [3.05, 3.63) is 94.6 Å². The Bertz CT molecular complexity index is 1700. The lowest BCUT2D eigenvalue weighted by atomic mass is 9.98. The first-order chi connectivity index (χ1) is 17.6. The monoisotopic (exact) mass is 521 g/mol. The van der Waals surface area contributed by atoms with Gasteiger partial charge in [0.2, 0.25) is 5.78 Å². The van der Waals surface area contributed by atoms with Crippen LogP contribution in [0, 0.1) is 18.2 Å². The number of carbonyl (C=O) groups is 1. The minimum Gasteiger partial charge on any atom is -0.345 e. The summed E-state index contributed by atoms with van der Waals surface area (Å²) >= 11 is 0. The molecule has 8 nitrogen and oxygen atoms in total. The van der Waals surface area contributed by atoms with E-state index in [4.69, 9.17) is 6.57 Å². The van der Waals surface area contributed by atoms with Crippen LogP contribution >= 0.6 is 0 Å². The molecule has 11 heteroatoms. The number of nitrogens with zero attached hydrogens (tertiary/aromatic N) is 3. The van der Waals surface area contributed by atoms with E-state index in [1.165, 1.54) is 20.3 Å². The third-order valence-electron chi connectivity index (χ3n) is 6.51. The van der Waals surface area contributed by atoms with E-state index in [-0.39, 0.29) is 5.56 Å². The van der Waals surface area contributed by atoms with Gasteiger partial charge in [-0.3, -0.25) is 9.52 Å². The van der Waals surface area contributed by atoms with Gasteiger partial charge in [-0.1, -0.05) is 24.3 Å². The molecule has 2 aromatic heterocycles. The predicted octanol–water partition coefficient (Wildman–Crippen LogP) is 4.87. The summed E-state index contributed by atoms with van der Waals surface area (Å²) in [7, 11) is -1.60. The molecule has 1 fully saturated rings. The highest BCUT2D eigenvalue weighted by Gasteiger charge is 2.52. The fourth-order valence-electron chi connectivity index (χ4n) is 4.11. The van der Waals surface area contributed by atoms with Crippen LogP contribution in [0.2, 0.25) is 0 Å². The van der Waals surface area contributed by atoms with Crippen LogP contribution in [-0.2, 0) is 15.7 Å². The third-order valence-corrected chi connectivity index (χ3v) is 7.95. The molecular weight excluding hydrogens is 500 g/mol. The van der Waals surface area contributed by atoms with E-state index in [1.807, 2.05) is 29.0 Å². The Labute approximate surface area is 212 Å². The molecule has 1 aliphatic rings. The van der Waals surface area contributed by atoms with Crippen molar-refractivity contribution < 1.29 is 22.0 Å². The molecule has 1 aliphatic carbocycles. The number of ketones is 1. The van der Waals surface area contributed by atoms with Gasteiger partial charge < -0.3 is 9.83 Å². The number of H-pyrrole nitrogens is 1. The van der Waals surface area contributed by atoms with Crippen molar-refractivity contribution in [3.8, 4) is 11.1 Å². The van der Waals surface area contributed by atoms with Crippen LogP contribution in [0.15, 0.2) is 54.9 Å². The first kappa shape index (κ1) is 24.5. The molecule has 188 valence electrons. The van der Waals surface area contributed by atoms with E-state index in [2.05, 4.69) is 14.8 Å². The summed E-state index contributed by atoms with van der Waals surface area (Å²) in [5, 5.41) is 0.351. The van der Waals surface area contributed by atoms with E-state index in [0.29, 0.717) is 16.6 Å². The molecule has 0 amide bonds. The first-order valence-corrected chi connectivity index (χ1v) is 12.7. The Hall–Kier alpha value is -4.14. The Morgan fingerprint density at radius 2 is 1.84 bits per heavy atom. The fraction of sp³-hybridized carbons (Fsp3) is 0.192. The number of nitrogens with one attached hydrogen (secondary N) is 2. The fourth-order valence-corrected chi connectivity index (χ4v) is 4.73. The minimum absolute atomic E-state index is 0.0173. The molecule has 0 spiro atoms. The van der Waals surface area contributed by atoms with Crippen molar-refractivity contribution in [2.24, 2.45) is 0 Å². The number of anilines is 1. The van der Waals surface area contributed by atoms with Gasteiger partial charge in [-0.05, 0) is 23.8 Å². The van der Waals surface area contributed by atoms with Crippen LogP contribution in [0.3, 0.4) is 0 Å². The molecule has 5 rings (SSSR count). The molecule has 2 aromatic carbocycles. The summed E-state index contributed by atoms with van der Waals surface area (Å²) in [6.07, 6.45) is 4.60. The normalized spacial score (nSPS) is 14.5. The highest BCUT2D eigenvalue weighted by atomic mass is 32.2. The van der Waals surface area contributed by atoms with Crippen molar-refractivity contribution >= 4 is 32.7 Å². The molecule has 0 radical (unpaired) electrons.